The van der Waals surface area contributed by atoms with Gasteiger partial charge in [-0.15, -0.1) is 0 Å². The fraction of sp³-hybridized carbons (Fsp3) is 0.579. The molecule has 0 spiro atoms. The first-order valence-electron chi connectivity index (χ1n) is 8.83. The van der Waals surface area contributed by atoms with Gasteiger partial charge in [0.1, 0.15) is 6.42 Å². The third kappa shape index (κ3) is 4.80. The molecule has 1 aromatic rings. The lowest BCUT2D eigenvalue weighted by molar-refractivity contribution is -0.144. The molecule has 1 fully saturated rings. The average Bonchev–Trinajstić information content (AvgIpc) is 2.56. The number of hydrogen-bond acceptors (Lipinski definition) is 4. The fourth-order valence-electron chi connectivity index (χ4n) is 3.47. The average molecular weight is 348 g/mol. The summed E-state index contributed by atoms with van der Waals surface area (Å²) in [6.07, 6.45) is 1.12. The Morgan fingerprint density at radius 1 is 1.40 bits per heavy atom. The van der Waals surface area contributed by atoms with E-state index < -0.39 is 11.5 Å². The molecule has 6 heteroatoms. The summed E-state index contributed by atoms with van der Waals surface area (Å²) in [5.41, 5.74) is 1.16. The van der Waals surface area contributed by atoms with Crippen LogP contribution >= 0.6 is 0 Å². The topological polar surface area (TPSA) is 89.9 Å². The quantitative estimate of drug-likeness (QED) is 0.683. The molecule has 1 aliphatic heterocycles. The van der Waals surface area contributed by atoms with E-state index in [1.54, 1.807) is 6.07 Å². The monoisotopic (exact) mass is 348 g/mol. The number of aliphatic hydroxyl groups is 2. The van der Waals surface area contributed by atoms with Crippen molar-refractivity contribution in [3.05, 3.63) is 29.8 Å². The van der Waals surface area contributed by atoms with Gasteiger partial charge in [0.25, 0.3) is 0 Å². The summed E-state index contributed by atoms with van der Waals surface area (Å²) < 4.78 is 0. The predicted molar refractivity (Wildman–Crippen MR) is 96.1 cm³/mol. The van der Waals surface area contributed by atoms with Crippen molar-refractivity contribution >= 4 is 17.5 Å². The molecule has 2 atom stereocenters. The summed E-state index contributed by atoms with van der Waals surface area (Å²) in [6, 6.07) is 7.39. The maximum absolute atomic E-state index is 12.4. The molecule has 2 rings (SSSR count). The van der Waals surface area contributed by atoms with Crippen LogP contribution in [0.15, 0.2) is 24.3 Å². The number of likely N-dealkylation sites (tertiary alicyclic amines) is 1. The first kappa shape index (κ1) is 19.4. The highest BCUT2D eigenvalue weighted by atomic mass is 16.3. The fourth-order valence-corrected chi connectivity index (χ4v) is 3.47. The van der Waals surface area contributed by atoms with Crippen LogP contribution in [-0.2, 0) is 9.59 Å². The van der Waals surface area contributed by atoms with Gasteiger partial charge in [-0.1, -0.05) is 25.5 Å². The normalized spacial score (nSPS) is 23.4. The van der Waals surface area contributed by atoms with E-state index in [0.29, 0.717) is 18.7 Å². The zero-order valence-corrected chi connectivity index (χ0v) is 15.0. The van der Waals surface area contributed by atoms with Crippen molar-refractivity contribution in [1.82, 2.24) is 4.90 Å². The van der Waals surface area contributed by atoms with Crippen LogP contribution in [0.1, 0.15) is 38.2 Å². The minimum atomic E-state index is -0.769. The number of rotatable bonds is 6. The zero-order valence-electron chi connectivity index (χ0n) is 15.0. The van der Waals surface area contributed by atoms with E-state index in [1.165, 1.54) is 4.90 Å². The Labute approximate surface area is 148 Å². The van der Waals surface area contributed by atoms with Crippen molar-refractivity contribution in [1.29, 1.82) is 0 Å². The Balaban J connectivity index is 1.90. The van der Waals surface area contributed by atoms with E-state index >= 15 is 0 Å². The molecule has 138 valence electrons. The molecular formula is C19H28N2O4. The number of anilines is 1. The summed E-state index contributed by atoms with van der Waals surface area (Å²) in [5, 5.41) is 22.8. The van der Waals surface area contributed by atoms with Crippen LogP contribution in [0.25, 0.3) is 0 Å². The van der Waals surface area contributed by atoms with Crippen LogP contribution in [0.2, 0.25) is 0 Å². The smallest absolute Gasteiger partial charge is 0.233 e. The summed E-state index contributed by atoms with van der Waals surface area (Å²) in [4.78, 5) is 26.0. The second kappa shape index (κ2) is 8.45. The number of piperidine rings is 1. The lowest BCUT2D eigenvalue weighted by Gasteiger charge is -2.44. The number of benzene rings is 1. The predicted octanol–water partition coefficient (Wildman–Crippen LogP) is 1.70. The molecule has 25 heavy (non-hydrogen) atoms. The lowest BCUT2D eigenvalue weighted by Crippen LogP contribution is -2.54. The van der Waals surface area contributed by atoms with Crippen molar-refractivity contribution < 1.29 is 19.8 Å². The largest absolute Gasteiger partial charge is 0.396 e. The Hall–Kier alpha value is -1.92. The number of nitrogens with one attached hydrogen (secondary N) is 1. The van der Waals surface area contributed by atoms with Crippen molar-refractivity contribution in [2.45, 2.75) is 45.6 Å². The van der Waals surface area contributed by atoms with E-state index in [9.17, 15) is 19.8 Å². The molecule has 1 aromatic carbocycles. The highest BCUT2D eigenvalue weighted by Crippen LogP contribution is 2.36. The maximum Gasteiger partial charge on any atom is 0.233 e. The van der Waals surface area contributed by atoms with Gasteiger partial charge in [0.2, 0.25) is 11.8 Å². The van der Waals surface area contributed by atoms with E-state index in [-0.39, 0.29) is 31.4 Å². The van der Waals surface area contributed by atoms with Gasteiger partial charge in [-0.2, -0.15) is 0 Å². The molecule has 1 aliphatic rings. The van der Waals surface area contributed by atoms with Gasteiger partial charge in [-0.3, -0.25) is 9.59 Å². The maximum atomic E-state index is 12.4. The highest BCUT2D eigenvalue weighted by molar-refractivity contribution is 6.03. The molecule has 3 N–H and O–H groups in total. The number of hydrogen-bond donors (Lipinski definition) is 3. The second-order valence-electron chi connectivity index (χ2n) is 6.97. The standard InChI is InChI=1S/C19H28N2O4/c1-3-7-19(13-22)8-9-21(12-16(19)23)18(25)11-17(24)20-15-6-4-5-14(2)10-15/h4-6,10,16,22-23H,3,7-9,11-13H2,1-2H3,(H,20,24)/t16-,19-/m1/s1. The van der Waals surface area contributed by atoms with E-state index in [4.69, 9.17) is 0 Å². The number of carbonyl (C=O) groups excluding carboxylic acids is 2. The van der Waals surface area contributed by atoms with Crippen LogP contribution in [-0.4, -0.2) is 52.7 Å². The molecule has 0 bridgehead atoms. The van der Waals surface area contributed by atoms with Crippen molar-refractivity contribution in [2.75, 3.05) is 25.0 Å². The summed E-state index contributed by atoms with van der Waals surface area (Å²) in [5.74, 6) is -0.662. The van der Waals surface area contributed by atoms with Crippen LogP contribution in [0, 0.1) is 12.3 Å². The van der Waals surface area contributed by atoms with Gasteiger partial charge in [0.15, 0.2) is 0 Å². The van der Waals surface area contributed by atoms with Gasteiger partial charge in [0.05, 0.1) is 12.7 Å². The Morgan fingerprint density at radius 2 is 2.16 bits per heavy atom. The Kier molecular flexibility index (Phi) is 6.56. The third-order valence-electron chi connectivity index (χ3n) is 5.01. The van der Waals surface area contributed by atoms with E-state index in [1.807, 2.05) is 32.0 Å². The molecule has 1 saturated heterocycles. The minimum absolute atomic E-state index is 0.0854. The SMILES string of the molecule is CCC[C@]1(CO)CCN(C(=O)CC(=O)Nc2cccc(C)c2)C[C@H]1O. The molecule has 6 nitrogen and oxygen atoms in total. The number of aryl methyl sites for hydroxylation is 1. The number of β-amino-alcohol motifs (C(OH)–C–C–N with tert-alkyl or cyclic N) is 1. The summed E-state index contributed by atoms with van der Waals surface area (Å²) in [6.45, 7) is 4.47. The zero-order chi connectivity index (χ0) is 18.4. The van der Waals surface area contributed by atoms with Crippen molar-refractivity contribution in [2.24, 2.45) is 5.41 Å². The lowest BCUT2D eigenvalue weighted by atomic mass is 9.73. The van der Waals surface area contributed by atoms with Gasteiger partial charge in [-0.05, 0) is 37.5 Å². The van der Waals surface area contributed by atoms with Gasteiger partial charge in [0, 0.05) is 24.2 Å². The molecular weight excluding hydrogens is 320 g/mol. The molecule has 0 saturated carbocycles. The molecule has 1 heterocycles. The molecule has 0 aromatic heterocycles. The van der Waals surface area contributed by atoms with E-state index in [2.05, 4.69) is 5.32 Å². The first-order valence-corrected chi connectivity index (χ1v) is 8.83. The van der Waals surface area contributed by atoms with Crippen LogP contribution in [0.4, 0.5) is 5.69 Å². The molecule has 0 aliphatic carbocycles. The molecule has 2 amide bonds. The van der Waals surface area contributed by atoms with Crippen LogP contribution in [0.3, 0.4) is 0 Å². The van der Waals surface area contributed by atoms with Crippen molar-refractivity contribution in [3.8, 4) is 0 Å². The van der Waals surface area contributed by atoms with Crippen molar-refractivity contribution in [3.63, 3.8) is 0 Å². The number of carbonyl (C=O) groups is 2. The van der Waals surface area contributed by atoms with E-state index in [0.717, 1.165) is 18.4 Å². The first-order chi connectivity index (χ1) is 11.9. The van der Waals surface area contributed by atoms with Gasteiger partial charge < -0.3 is 20.4 Å². The number of nitrogens with zero attached hydrogens (tertiary/aromatic N) is 1. The second-order valence-corrected chi connectivity index (χ2v) is 6.97. The van der Waals surface area contributed by atoms with Gasteiger partial charge in [-0.25, -0.2) is 0 Å². The molecule has 0 radical (unpaired) electrons. The van der Waals surface area contributed by atoms with Gasteiger partial charge >= 0.3 is 0 Å². The van der Waals surface area contributed by atoms with Crippen LogP contribution in [0.5, 0.6) is 0 Å². The number of amides is 2. The Morgan fingerprint density at radius 3 is 2.76 bits per heavy atom. The highest BCUT2D eigenvalue weighted by Gasteiger charge is 2.42. The summed E-state index contributed by atoms with van der Waals surface area (Å²) in [7, 11) is 0. The minimum Gasteiger partial charge on any atom is -0.396 e. The number of aliphatic hydroxyl groups excluding tert-OH is 2. The molecule has 0 unspecified atom stereocenters. The third-order valence-corrected chi connectivity index (χ3v) is 5.01. The summed E-state index contributed by atoms with van der Waals surface area (Å²) >= 11 is 0. The van der Waals surface area contributed by atoms with Crippen LogP contribution < -0.4 is 5.32 Å². The Bertz CT molecular complexity index is 619.